The summed E-state index contributed by atoms with van der Waals surface area (Å²) in [7, 11) is 3.73. The number of hydrogen-bond acceptors (Lipinski definition) is 4. The summed E-state index contributed by atoms with van der Waals surface area (Å²) in [6.07, 6.45) is 1.31. The maximum Gasteiger partial charge on any atom is 0.222 e. The Balaban J connectivity index is 0.000000804. The molecule has 0 N–H and O–H groups in total. The van der Waals surface area contributed by atoms with Gasteiger partial charge in [0, 0.05) is 19.3 Å². The molecule has 30 heavy (non-hydrogen) atoms. The lowest BCUT2D eigenvalue weighted by atomic mass is 10.0. The summed E-state index contributed by atoms with van der Waals surface area (Å²) in [6.45, 7) is 22.1. The first-order valence-electron chi connectivity index (χ1n) is 11.0. The quantitative estimate of drug-likeness (QED) is 0.486. The highest BCUT2D eigenvalue weighted by Crippen LogP contribution is 2.35. The summed E-state index contributed by atoms with van der Waals surface area (Å²) in [4.78, 5) is 11.8. The second-order valence-corrected chi connectivity index (χ2v) is 8.57. The molecule has 0 aliphatic carbocycles. The molecule has 0 aromatic carbocycles. The van der Waals surface area contributed by atoms with Gasteiger partial charge >= 0.3 is 0 Å². The van der Waals surface area contributed by atoms with Gasteiger partial charge < -0.3 is 9.64 Å². The van der Waals surface area contributed by atoms with Gasteiger partial charge in [-0.2, -0.15) is 0 Å². The summed E-state index contributed by atoms with van der Waals surface area (Å²) in [5, 5.41) is 0. The van der Waals surface area contributed by atoms with E-state index in [0.717, 1.165) is 51.9 Å². The van der Waals surface area contributed by atoms with Crippen LogP contribution in [0.15, 0.2) is 24.8 Å². The van der Waals surface area contributed by atoms with Crippen molar-refractivity contribution >= 4 is 11.3 Å². The lowest BCUT2D eigenvalue weighted by Crippen LogP contribution is -2.18. The van der Waals surface area contributed by atoms with Crippen LogP contribution in [0.25, 0.3) is 16.8 Å². The van der Waals surface area contributed by atoms with Crippen LogP contribution in [-0.2, 0) is 0 Å². The van der Waals surface area contributed by atoms with E-state index in [-0.39, 0.29) is 0 Å². The molecule has 2 rings (SSSR count). The minimum Gasteiger partial charge on any atom is -0.480 e. The number of anilines is 1. The summed E-state index contributed by atoms with van der Waals surface area (Å²) in [6, 6.07) is 6.28. The van der Waals surface area contributed by atoms with Crippen LogP contribution in [0, 0.1) is 12.8 Å². The van der Waals surface area contributed by atoms with Crippen LogP contribution >= 0.6 is 0 Å². The minimum atomic E-state index is 0.351. The molecule has 4 heteroatoms. The van der Waals surface area contributed by atoms with Crippen molar-refractivity contribution in [1.29, 1.82) is 0 Å². The van der Waals surface area contributed by atoms with E-state index >= 15 is 0 Å². The Morgan fingerprint density at radius 1 is 1.13 bits per heavy atom. The van der Waals surface area contributed by atoms with Crippen molar-refractivity contribution in [3.05, 3.63) is 41.7 Å². The lowest BCUT2D eigenvalue weighted by Gasteiger charge is -2.22. The Morgan fingerprint density at radius 3 is 2.17 bits per heavy atom. The fourth-order valence-electron chi connectivity index (χ4n) is 2.76. The SMILES string of the molecule is C=C(C)c1nc(-c2ccc(C(C)C)nc2OC)c(C)cc1N(C)CC.CCC(C)C. The van der Waals surface area contributed by atoms with Gasteiger partial charge in [0.15, 0.2) is 0 Å². The average Bonchev–Trinajstić information content (AvgIpc) is 2.72. The summed E-state index contributed by atoms with van der Waals surface area (Å²) >= 11 is 0. The van der Waals surface area contributed by atoms with Crippen molar-refractivity contribution in [2.75, 3.05) is 25.6 Å². The third-order valence-corrected chi connectivity index (χ3v) is 5.22. The minimum absolute atomic E-state index is 0.351. The van der Waals surface area contributed by atoms with E-state index in [4.69, 9.17) is 9.72 Å². The molecule has 0 aliphatic rings. The van der Waals surface area contributed by atoms with E-state index in [1.807, 2.05) is 6.92 Å². The predicted octanol–water partition coefficient (Wildman–Crippen LogP) is 7.13. The fraction of sp³-hybridized carbons (Fsp3) is 0.538. The molecule has 166 valence electrons. The predicted molar refractivity (Wildman–Crippen MR) is 132 cm³/mol. The summed E-state index contributed by atoms with van der Waals surface area (Å²) in [5.74, 6) is 1.85. The van der Waals surface area contributed by atoms with E-state index in [9.17, 15) is 0 Å². The van der Waals surface area contributed by atoms with E-state index in [1.54, 1.807) is 7.11 Å². The molecular formula is C26H41N3O. The molecule has 0 saturated carbocycles. The first kappa shape index (κ1) is 25.7. The van der Waals surface area contributed by atoms with Gasteiger partial charge in [0.25, 0.3) is 0 Å². The van der Waals surface area contributed by atoms with Crippen LogP contribution in [0.4, 0.5) is 5.69 Å². The first-order valence-corrected chi connectivity index (χ1v) is 11.0. The third-order valence-electron chi connectivity index (χ3n) is 5.22. The molecule has 0 spiro atoms. The van der Waals surface area contributed by atoms with E-state index in [1.165, 1.54) is 6.42 Å². The van der Waals surface area contributed by atoms with Crippen molar-refractivity contribution in [2.45, 2.75) is 67.7 Å². The Labute approximate surface area is 184 Å². The third kappa shape index (κ3) is 6.58. The molecule has 0 amide bonds. The number of aromatic nitrogens is 2. The molecule has 2 aromatic heterocycles. The smallest absolute Gasteiger partial charge is 0.222 e. The average molecular weight is 412 g/mol. The van der Waals surface area contributed by atoms with Gasteiger partial charge in [-0.3, -0.25) is 0 Å². The maximum atomic E-state index is 5.56. The van der Waals surface area contributed by atoms with E-state index in [2.05, 4.69) is 90.2 Å². The highest BCUT2D eigenvalue weighted by Gasteiger charge is 2.18. The number of hydrogen-bond donors (Lipinski definition) is 0. The highest BCUT2D eigenvalue weighted by atomic mass is 16.5. The monoisotopic (exact) mass is 411 g/mol. The van der Waals surface area contributed by atoms with Crippen LogP contribution in [0.1, 0.15) is 77.8 Å². The van der Waals surface area contributed by atoms with Crippen LogP contribution in [0.5, 0.6) is 5.88 Å². The van der Waals surface area contributed by atoms with Crippen LogP contribution in [-0.4, -0.2) is 30.7 Å². The Kier molecular flexibility index (Phi) is 10.0. The number of methoxy groups -OCH3 is 1. The lowest BCUT2D eigenvalue weighted by molar-refractivity contribution is 0.397. The molecule has 0 saturated heterocycles. The first-order chi connectivity index (χ1) is 14.1. The number of rotatable bonds is 7. The molecule has 0 bridgehead atoms. The number of pyridine rings is 2. The van der Waals surface area contributed by atoms with Crippen molar-refractivity contribution < 1.29 is 4.74 Å². The largest absolute Gasteiger partial charge is 0.480 e. The number of nitrogens with zero attached hydrogens (tertiary/aromatic N) is 3. The number of allylic oxidation sites excluding steroid dienone is 1. The second-order valence-electron chi connectivity index (χ2n) is 8.57. The molecule has 4 nitrogen and oxygen atoms in total. The molecule has 0 atom stereocenters. The zero-order valence-corrected chi connectivity index (χ0v) is 20.8. The normalized spacial score (nSPS) is 10.7. The zero-order valence-electron chi connectivity index (χ0n) is 20.8. The van der Waals surface area contributed by atoms with Gasteiger partial charge in [-0.05, 0) is 61.9 Å². The van der Waals surface area contributed by atoms with Crippen LogP contribution in [0.2, 0.25) is 0 Å². The van der Waals surface area contributed by atoms with Gasteiger partial charge in [-0.15, -0.1) is 0 Å². The van der Waals surface area contributed by atoms with Crippen molar-refractivity contribution in [1.82, 2.24) is 9.97 Å². The van der Waals surface area contributed by atoms with Gasteiger partial charge in [-0.1, -0.05) is 47.6 Å². The van der Waals surface area contributed by atoms with Gasteiger partial charge in [0.05, 0.1) is 29.7 Å². The van der Waals surface area contributed by atoms with E-state index < -0.39 is 0 Å². The Morgan fingerprint density at radius 2 is 1.73 bits per heavy atom. The molecular weight excluding hydrogens is 370 g/mol. The fourth-order valence-corrected chi connectivity index (χ4v) is 2.76. The van der Waals surface area contributed by atoms with Gasteiger partial charge in [-0.25, -0.2) is 9.97 Å². The van der Waals surface area contributed by atoms with Gasteiger partial charge in [0.2, 0.25) is 5.88 Å². The summed E-state index contributed by atoms with van der Waals surface area (Å²) < 4.78 is 5.56. The number of aryl methyl sites for hydroxylation is 1. The molecule has 0 unspecified atom stereocenters. The summed E-state index contributed by atoms with van der Waals surface area (Å²) in [5.41, 5.74) is 6.88. The zero-order chi connectivity index (χ0) is 23.0. The molecule has 2 heterocycles. The second kappa shape index (κ2) is 11.7. The van der Waals surface area contributed by atoms with Crippen molar-refractivity contribution in [3.63, 3.8) is 0 Å². The Bertz CT molecular complexity index is 840. The molecule has 0 fully saturated rings. The molecule has 0 radical (unpaired) electrons. The van der Waals surface area contributed by atoms with Crippen molar-refractivity contribution in [2.24, 2.45) is 5.92 Å². The van der Waals surface area contributed by atoms with Crippen molar-refractivity contribution in [3.8, 4) is 17.1 Å². The van der Waals surface area contributed by atoms with Crippen LogP contribution < -0.4 is 9.64 Å². The van der Waals surface area contributed by atoms with Crippen LogP contribution in [0.3, 0.4) is 0 Å². The standard InChI is InChI=1S/C21H29N3O.C5H12/c1-9-24(7)18-12-15(6)20(23-19(18)14(4)5)16-10-11-17(13(2)3)22-21(16)25-8;1-4-5(2)3/h10-13H,4,9H2,1-3,5-8H3;5H,4H2,1-3H3. The maximum absolute atomic E-state index is 5.56. The number of ether oxygens (including phenoxy) is 1. The highest BCUT2D eigenvalue weighted by molar-refractivity contribution is 5.78. The molecule has 2 aromatic rings. The topological polar surface area (TPSA) is 38.3 Å². The van der Waals surface area contributed by atoms with Gasteiger partial charge in [0.1, 0.15) is 0 Å². The molecule has 0 aliphatic heterocycles. The Hall–Kier alpha value is -2.36. The van der Waals surface area contributed by atoms with E-state index in [0.29, 0.717) is 11.8 Å².